The van der Waals surface area contributed by atoms with Crippen LogP contribution in [-0.2, 0) is 11.3 Å². The van der Waals surface area contributed by atoms with Gasteiger partial charge in [-0.25, -0.2) is 9.18 Å². The molecule has 0 heterocycles. The molecule has 0 atom stereocenters. The van der Waals surface area contributed by atoms with Crippen molar-refractivity contribution in [1.82, 2.24) is 0 Å². The van der Waals surface area contributed by atoms with E-state index in [1.54, 1.807) is 0 Å². The van der Waals surface area contributed by atoms with Gasteiger partial charge in [0.2, 0.25) is 0 Å². The number of carbonyl (C=O) groups is 1. The first-order valence-electron chi connectivity index (χ1n) is 5.35. The van der Waals surface area contributed by atoms with Gasteiger partial charge in [0, 0.05) is 6.61 Å². The molecule has 0 saturated heterocycles. The van der Waals surface area contributed by atoms with Crippen molar-refractivity contribution in [3.63, 3.8) is 0 Å². The first kappa shape index (κ1) is 13.4. The molecule has 1 aromatic carbocycles. The number of unbranched alkanes of at least 4 members (excludes halogenated alkanes) is 1. The van der Waals surface area contributed by atoms with Gasteiger partial charge in [-0.05, 0) is 30.5 Å². The van der Waals surface area contributed by atoms with Crippen LogP contribution in [0.3, 0.4) is 0 Å². The summed E-state index contributed by atoms with van der Waals surface area (Å²) in [5.41, 5.74) is 0.333. The van der Waals surface area contributed by atoms with Gasteiger partial charge in [-0.2, -0.15) is 0 Å². The lowest BCUT2D eigenvalue weighted by Crippen LogP contribution is -2.03. The molecule has 4 heteroatoms. The first-order valence-corrected chi connectivity index (χ1v) is 5.35. The van der Waals surface area contributed by atoms with Crippen LogP contribution in [0.25, 0.3) is 0 Å². The maximum absolute atomic E-state index is 13.1. The van der Waals surface area contributed by atoms with Crippen LogP contribution in [0, 0.1) is 5.82 Å². The summed E-state index contributed by atoms with van der Waals surface area (Å²) in [5.74, 6) is -2.00. The topological polar surface area (TPSA) is 46.5 Å². The molecule has 0 aliphatic heterocycles. The maximum atomic E-state index is 13.1. The molecular weight excluding hydrogens is 223 g/mol. The van der Waals surface area contributed by atoms with E-state index in [1.165, 1.54) is 12.1 Å². The van der Waals surface area contributed by atoms with Gasteiger partial charge in [0.05, 0.1) is 12.2 Å². The van der Waals surface area contributed by atoms with E-state index < -0.39 is 11.8 Å². The van der Waals surface area contributed by atoms with Gasteiger partial charge >= 0.3 is 5.97 Å². The maximum Gasteiger partial charge on any atom is 0.338 e. The van der Waals surface area contributed by atoms with Crippen molar-refractivity contribution in [1.29, 1.82) is 0 Å². The molecule has 0 aliphatic carbocycles. The van der Waals surface area contributed by atoms with Crippen LogP contribution in [0.1, 0.15) is 28.8 Å². The minimum Gasteiger partial charge on any atom is -0.478 e. The van der Waals surface area contributed by atoms with Crippen molar-refractivity contribution in [3.05, 3.63) is 47.8 Å². The van der Waals surface area contributed by atoms with Crippen LogP contribution in [-0.4, -0.2) is 17.7 Å². The highest BCUT2D eigenvalue weighted by Crippen LogP contribution is 2.11. The molecule has 0 spiro atoms. The molecular formula is C13H15FO3. The Labute approximate surface area is 99.5 Å². The highest BCUT2D eigenvalue weighted by molar-refractivity contribution is 5.88. The second-order valence-electron chi connectivity index (χ2n) is 3.60. The van der Waals surface area contributed by atoms with Crippen LogP contribution in [0.2, 0.25) is 0 Å². The fraction of sp³-hybridized carbons (Fsp3) is 0.308. The van der Waals surface area contributed by atoms with Crippen molar-refractivity contribution in [2.45, 2.75) is 19.4 Å². The Hall–Kier alpha value is -1.68. The Bertz CT molecular complexity index is 402. The van der Waals surface area contributed by atoms with Gasteiger partial charge in [0.15, 0.2) is 0 Å². The third-order valence-electron chi connectivity index (χ3n) is 2.23. The van der Waals surface area contributed by atoms with Crippen molar-refractivity contribution >= 4 is 5.97 Å². The number of carboxylic acid groups (broad SMARTS) is 1. The molecule has 1 N–H and O–H groups in total. The van der Waals surface area contributed by atoms with Crippen molar-refractivity contribution < 1.29 is 19.0 Å². The van der Waals surface area contributed by atoms with Crippen molar-refractivity contribution in [3.8, 4) is 0 Å². The molecule has 0 saturated carbocycles. The lowest BCUT2D eigenvalue weighted by molar-refractivity contribution is 0.0691. The van der Waals surface area contributed by atoms with E-state index in [0.717, 1.165) is 18.9 Å². The first-order chi connectivity index (χ1) is 8.15. The van der Waals surface area contributed by atoms with E-state index >= 15 is 0 Å². The molecule has 92 valence electrons. The molecule has 0 amide bonds. The van der Waals surface area contributed by atoms with Crippen LogP contribution < -0.4 is 0 Å². The number of hydrogen-bond donors (Lipinski definition) is 1. The fourth-order valence-corrected chi connectivity index (χ4v) is 1.35. The molecule has 0 aromatic heterocycles. The predicted molar refractivity (Wildman–Crippen MR) is 62.4 cm³/mol. The molecule has 0 radical (unpaired) electrons. The smallest absolute Gasteiger partial charge is 0.338 e. The van der Waals surface area contributed by atoms with Crippen molar-refractivity contribution in [2.24, 2.45) is 0 Å². The summed E-state index contributed by atoms with van der Waals surface area (Å²) in [6, 6.07) is 3.96. The van der Waals surface area contributed by atoms with E-state index in [2.05, 4.69) is 6.58 Å². The molecule has 1 rings (SSSR count). The predicted octanol–water partition coefficient (Wildman–Crippen LogP) is 3.01. The van der Waals surface area contributed by atoms with E-state index in [9.17, 15) is 9.18 Å². The summed E-state index contributed by atoms with van der Waals surface area (Å²) >= 11 is 0. The Morgan fingerprint density at radius 1 is 1.53 bits per heavy atom. The summed E-state index contributed by atoms with van der Waals surface area (Å²) in [4.78, 5) is 10.7. The van der Waals surface area contributed by atoms with Crippen LogP contribution in [0.4, 0.5) is 4.39 Å². The number of ether oxygens (including phenoxy) is 1. The highest BCUT2D eigenvalue weighted by Gasteiger charge is 2.10. The van der Waals surface area contributed by atoms with Gasteiger partial charge in [-0.15, -0.1) is 6.58 Å². The number of carboxylic acids is 1. The summed E-state index contributed by atoms with van der Waals surface area (Å²) in [7, 11) is 0. The largest absolute Gasteiger partial charge is 0.478 e. The Morgan fingerprint density at radius 2 is 2.29 bits per heavy atom. The van der Waals surface area contributed by atoms with Gasteiger partial charge in [0.1, 0.15) is 5.82 Å². The molecule has 0 fully saturated rings. The minimum absolute atomic E-state index is 0.289. The monoisotopic (exact) mass is 238 g/mol. The summed E-state index contributed by atoms with van der Waals surface area (Å²) in [5, 5.41) is 8.74. The molecule has 17 heavy (non-hydrogen) atoms. The number of halogens is 1. The van der Waals surface area contributed by atoms with Gasteiger partial charge in [0.25, 0.3) is 0 Å². The second-order valence-corrected chi connectivity index (χ2v) is 3.60. The molecule has 0 bridgehead atoms. The van der Waals surface area contributed by atoms with Crippen LogP contribution in [0.15, 0.2) is 30.9 Å². The lowest BCUT2D eigenvalue weighted by Gasteiger charge is -2.05. The van der Waals surface area contributed by atoms with Gasteiger partial charge in [-0.3, -0.25) is 0 Å². The van der Waals surface area contributed by atoms with E-state index in [1.807, 2.05) is 6.08 Å². The average Bonchev–Trinajstić information content (AvgIpc) is 2.30. The summed E-state index contributed by atoms with van der Waals surface area (Å²) in [6.07, 6.45) is 3.56. The Balaban J connectivity index is 2.51. The van der Waals surface area contributed by atoms with E-state index in [0.29, 0.717) is 12.2 Å². The van der Waals surface area contributed by atoms with Gasteiger partial charge in [-0.1, -0.05) is 12.1 Å². The quantitative estimate of drug-likeness (QED) is 0.586. The summed E-state index contributed by atoms with van der Waals surface area (Å²) < 4.78 is 18.4. The Morgan fingerprint density at radius 3 is 2.94 bits per heavy atom. The Kier molecular flexibility index (Phi) is 5.36. The molecule has 1 aromatic rings. The lowest BCUT2D eigenvalue weighted by atomic mass is 10.1. The van der Waals surface area contributed by atoms with Crippen LogP contribution in [0.5, 0.6) is 0 Å². The number of hydrogen-bond acceptors (Lipinski definition) is 2. The van der Waals surface area contributed by atoms with E-state index in [4.69, 9.17) is 9.84 Å². The van der Waals surface area contributed by atoms with E-state index in [-0.39, 0.29) is 12.2 Å². The molecule has 0 unspecified atom stereocenters. The third kappa shape index (κ3) is 4.36. The zero-order chi connectivity index (χ0) is 12.7. The third-order valence-corrected chi connectivity index (χ3v) is 2.23. The fourth-order valence-electron chi connectivity index (χ4n) is 1.35. The zero-order valence-corrected chi connectivity index (χ0v) is 9.49. The number of rotatable bonds is 7. The number of allylic oxidation sites excluding steroid dienone is 1. The molecule has 3 nitrogen and oxygen atoms in total. The standard InChI is InChI=1S/C13H15FO3/c1-2-3-4-7-17-9-10-5-6-12(14)11(8-10)13(15)16/h2,5-6,8H,1,3-4,7,9H2,(H,15,16). The van der Waals surface area contributed by atoms with Crippen molar-refractivity contribution in [2.75, 3.05) is 6.61 Å². The normalized spacial score (nSPS) is 10.2. The average molecular weight is 238 g/mol. The number of aromatic carboxylic acids is 1. The number of benzene rings is 1. The van der Waals surface area contributed by atoms with Crippen LogP contribution >= 0.6 is 0 Å². The van der Waals surface area contributed by atoms with Gasteiger partial charge < -0.3 is 9.84 Å². The highest BCUT2D eigenvalue weighted by atomic mass is 19.1. The molecule has 0 aliphatic rings. The second kappa shape index (κ2) is 6.81. The SMILES string of the molecule is C=CCCCOCc1ccc(F)c(C(=O)O)c1. The zero-order valence-electron chi connectivity index (χ0n) is 9.49. The minimum atomic E-state index is -1.27. The summed E-state index contributed by atoms with van der Waals surface area (Å²) in [6.45, 7) is 4.46.